The molecule has 2 aliphatic heterocycles. The predicted molar refractivity (Wildman–Crippen MR) is 81.7 cm³/mol. The Labute approximate surface area is 121 Å². The van der Waals surface area contributed by atoms with Crippen LogP contribution in [0.25, 0.3) is 0 Å². The molecule has 0 radical (unpaired) electrons. The summed E-state index contributed by atoms with van der Waals surface area (Å²) in [5.41, 5.74) is 2.02. The summed E-state index contributed by atoms with van der Waals surface area (Å²) in [7, 11) is 0. The molecule has 0 aromatic heterocycles. The zero-order valence-electron chi connectivity index (χ0n) is 12.0. The van der Waals surface area contributed by atoms with E-state index < -0.39 is 0 Å². The Morgan fingerprint density at radius 1 is 0.950 bits per heavy atom. The third-order valence-corrected chi connectivity index (χ3v) is 4.95. The van der Waals surface area contributed by atoms with Crippen molar-refractivity contribution in [2.75, 3.05) is 31.1 Å². The molecular formula is C17H23N3. The molecule has 0 aliphatic carbocycles. The summed E-state index contributed by atoms with van der Waals surface area (Å²) in [4.78, 5) is 2.47. The third-order valence-electron chi connectivity index (χ3n) is 4.95. The Morgan fingerprint density at radius 3 is 2.15 bits per heavy atom. The summed E-state index contributed by atoms with van der Waals surface area (Å²) in [5, 5.41) is 12.3. The highest BCUT2D eigenvalue weighted by atomic mass is 15.1. The maximum atomic E-state index is 8.85. The van der Waals surface area contributed by atoms with E-state index in [-0.39, 0.29) is 0 Å². The quantitative estimate of drug-likeness (QED) is 0.897. The van der Waals surface area contributed by atoms with Gasteiger partial charge in [-0.25, -0.2) is 0 Å². The molecule has 3 nitrogen and oxygen atoms in total. The molecule has 1 N–H and O–H groups in total. The van der Waals surface area contributed by atoms with Crippen LogP contribution < -0.4 is 10.2 Å². The average Bonchev–Trinajstić information content (AvgIpc) is 2.56. The van der Waals surface area contributed by atoms with E-state index in [1.54, 1.807) is 0 Å². The van der Waals surface area contributed by atoms with E-state index >= 15 is 0 Å². The van der Waals surface area contributed by atoms with Gasteiger partial charge in [0.05, 0.1) is 11.6 Å². The lowest BCUT2D eigenvalue weighted by Gasteiger charge is -2.38. The van der Waals surface area contributed by atoms with Gasteiger partial charge in [-0.1, -0.05) is 0 Å². The van der Waals surface area contributed by atoms with Crippen molar-refractivity contribution < 1.29 is 0 Å². The minimum Gasteiger partial charge on any atom is -0.372 e. The van der Waals surface area contributed by atoms with E-state index in [0.717, 1.165) is 17.4 Å². The number of hydrogen-bond acceptors (Lipinski definition) is 3. The van der Waals surface area contributed by atoms with Crippen molar-refractivity contribution in [2.24, 2.45) is 11.8 Å². The van der Waals surface area contributed by atoms with Crippen LogP contribution in [0.2, 0.25) is 0 Å². The van der Waals surface area contributed by atoms with Crippen molar-refractivity contribution in [2.45, 2.75) is 25.7 Å². The fraction of sp³-hybridized carbons (Fsp3) is 0.588. The monoisotopic (exact) mass is 269 g/mol. The first-order valence-electron chi connectivity index (χ1n) is 7.82. The van der Waals surface area contributed by atoms with Crippen LogP contribution in [0.1, 0.15) is 31.2 Å². The zero-order valence-corrected chi connectivity index (χ0v) is 12.0. The molecule has 2 fully saturated rings. The van der Waals surface area contributed by atoms with Gasteiger partial charge in [0.2, 0.25) is 0 Å². The van der Waals surface area contributed by atoms with Gasteiger partial charge in [-0.05, 0) is 74.9 Å². The maximum Gasteiger partial charge on any atom is 0.0991 e. The minimum absolute atomic E-state index is 0.748. The Hall–Kier alpha value is -1.53. The minimum atomic E-state index is 0.748. The fourth-order valence-electron chi connectivity index (χ4n) is 3.69. The first kappa shape index (κ1) is 13.5. The second-order valence-electron chi connectivity index (χ2n) is 6.07. The van der Waals surface area contributed by atoms with Crippen LogP contribution in [0.4, 0.5) is 5.69 Å². The molecule has 0 saturated carbocycles. The lowest BCUT2D eigenvalue weighted by Crippen LogP contribution is -2.39. The normalized spacial score (nSPS) is 21.6. The summed E-state index contributed by atoms with van der Waals surface area (Å²) in [6.45, 7) is 4.75. The number of hydrogen-bond donors (Lipinski definition) is 1. The van der Waals surface area contributed by atoms with E-state index in [4.69, 9.17) is 5.26 Å². The van der Waals surface area contributed by atoms with E-state index in [0.29, 0.717) is 0 Å². The van der Waals surface area contributed by atoms with Crippen molar-refractivity contribution in [1.82, 2.24) is 5.32 Å². The van der Waals surface area contributed by atoms with Crippen molar-refractivity contribution in [3.05, 3.63) is 29.8 Å². The smallest absolute Gasteiger partial charge is 0.0991 e. The topological polar surface area (TPSA) is 39.1 Å². The first-order valence-corrected chi connectivity index (χ1v) is 7.82. The van der Waals surface area contributed by atoms with Gasteiger partial charge in [-0.15, -0.1) is 0 Å². The van der Waals surface area contributed by atoms with Gasteiger partial charge in [0.25, 0.3) is 0 Å². The van der Waals surface area contributed by atoms with Crippen LogP contribution in [-0.2, 0) is 0 Å². The third kappa shape index (κ3) is 2.96. The number of nitrogens with one attached hydrogen (secondary N) is 1. The molecule has 0 unspecified atom stereocenters. The van der Waals surface area contributed by atoms with Crippen LogP contribution in [-0.4, -0.2) is 26.2 Å². The first-order chi connectivity index (χ1) is 9.86. The number of rotatable bonds is 2. The summed E-state index contributed by atoms with van der Waals surface area (Å²) in [6.07, 6.45) is 5.37. The van der Waals surface area contributed by atoms with Gasteiger partial charge in [-0.2, -0.15) is 5.26 Å². The van der Waals surface area contributed by atoms with E-state index in [1.807, 2.05) is 12.1 Å². The molecule has 3 rings (SSSR count). The summed E-state index contributed by atoms with van der Waals surface area (Å²) in [5.74, 6) is 1.87. The van der Waals surface area contributed by atoms with Crippen LogP contribution in [0, 0.1) is 23.2 Å². The molecular weight excluding hydrogens is 246 g/mol. The molecule has 3 heteroatoms. The van der Waals surface area contributed by atoms with Gasteiger partial charge >= 0.3 is 0 Å². The largest absolute Gasteiger partial charge is 0.372 e. The van der Waals surface area contributed by atoms with Gasteiger partial charge in [0.15, 0.2) is 0 Å². The molecule has 2 saturated heterocycles. The molecule has 20 heavy (non-hydrogen) atoms. The fourth-order valence-corrected chi connectivity index (χ4v) is 3.69. The number of anilines is 1. The van der Waals surface area contributed by atoms with Crippen molar-refractivity contribution in [1.29, 1.82) is 5.26 Å². The molecule has 2 heterocycles. The number of benzene rings is 1. The van der Waals surface area contributed by atoms with Crippen LogP contribution in [0.3, 0.4) is 0 Å². The molecule has 1 aromatic rings. The van der Waals surface area contributed by atoms with E-state index in [1.165, 1.54) is 57.5 Å². The summed E-state index contributed by atoms with van der Waals surface area (Å²) >= 11 is 0. The van der Waals surface area contributed by atoms with E-state index in [9.17, 15) is 0 Å². The Bertz CT molecular complexity index is 460. The number of nitrogens with zero attached hydrogens (tertiary/aromatic N) is 2. The summed E-state index contributed by atoms with van der Waals surface area (Å²) in [6, 6.07) is 10.2. The Balaban J connectivity index is 1.56. The maximum absolute atomic E-state index is 8.85. The molecule has 106 valence electrons. The molecule has 2 aliphatic rings. The standard InChI is InChI=1S/C17H23N3/c18-13-14-1-3-17(4-2-14)20-11-7-16(8-12-20)15-5-9-19-10-6-15/h1-4,15-16,19H,5-12H2. The van der Waals surface area contributed by atoms with Gasteiger partial charge < -0.3 is 10.2 Å². The van der Waals surface area contributed by atoms with Crippen LogP contribution in [0.5, 0.6) is 0 Å². The van der Waals surface area contributed by atoms with Crippen LogP contribution >= 0.6 is 0 Å². The molecule has 0 spiro atoms. The van der Waals surface area contributed by atoms with Gasteiger partial charge in [0.1, 0.15) is 0 Å². The Morgan fingerprint density at radius 2 is 1.55 bits per heavy atom. The predicted octanol–water partition coefficient (Wildman–Crippen LogP) is 2.77. The molecule has 0 amide bonds. The lowest BCUT2D eigenvalue weighted by molar-refractivity contribution is 0.222. The zero-order chi connectivity index (χ0) is 13.8. The Kier molecular flexibility index (Phi) is 4.22. The molecule has 0 atom stereocenters. The molecule has 1 aromatic carbocycles. The van der Waals surface area contributed by atoms with Crippen molar-refractivity contribution in [3.8, 4) is 6.07 Å². The van der Waals surface area contributed by atoms with Crippen molar-refractivity contribution >= 4 is 5.69 Å². The highest BCUT2D eigenvalue weighted by molar-refractivity contribution is 5.49. The van der Waals surface area contributed by atoms with Crippen LogP contribution in [0.15, 0.2) is 24.3 Å². The van der Waals surface area contributed by atoms with Gasteiger partial charge in [-0.3, -0.25) is 0 Å². The number of nitriles is 1. The highest BCUT2D eigenvalue weighted by Gasteiger charge is 2.27. The second-order valence-corrected chi connectivity index (χ2v) is 6.07. The average molecular weight is 269 g/mol. The second kappa shape index (κ2) is 6.28. The highest BCUT2D eigenvalue weighted by Crippen LogP contribution is 2.32. The van der Waals surface area contributed by atoms with Gasteiger partial charge in [0, 0.05) is 18.8 Å². The van der Waals surface area contributed by atoms with Crippen molar-refractivity contribution in [3.63, 3.8) is 0 Å². The SMILES string of the molecule is N#Cc1ccc(N2CCC(C3CCNCC3)CC2)cc1. The lowest BCUT2D eigenvalue weighted by atomic mass is 9.79. The summed E-state index contributed by atoms with van der Waals surface area (Å²) < 4.78 is 0. The number of piperidine rings is 2. The molecule has 0 bridgehead atoms. The van der Waals surface area contributed by atoms with E-state index in [2.05, 4.69) is 28.4 Å².